The summed E-state index contributed by atoms with van der Waals surface area (Å²) < 4.78 is 15.5. The Morgan fingerprint density at radius 3 is 2.64 bits per heavy atom. The van der Waals surface area contributed by atoms with Gasteiger partial charge in [-0.2, -0.15) is 0 Å². The highest BCUT2D eigenvalue weighted by Crippen LogP contribution is 2.27. The number of aromatic nitrogens is 2. The summed E-state index contributed by atoms with van der Waals surface area (Å²) in [4.78, 5) is 19.1. The van der Waals surface area contributed by atoms with E-state index >= 15 is 0 Å². The van der Waals surface area contributed by atoms with E-state index in [2.05, 4.69) is 9.88 Å². The maximum atomic E-state index is 14.0. The lowest BCUT2D eigenvalue weighted by atomic mass is 9.91. The topological polar surface area (TPSA) is 58.4 Å². The summed E-state index contributed by atoms with van der Waals surface area (Å²) in [5.74, 6) is -0.317. The highest BCUT2D eigenvalue weighted by Gasteiger charge is 2.33. The second-order valence-corrected chi connectivity index (χ2v) is 7.80. The van der Waals surface area contributed by atoms with Crippen molar-refractivity contribution in [1.82, 2.24) is 14.5 Å². The lowest BCUT2D eigenvalue weighted by Gasteiger charge is -2.38. The smallest absolute Gasteiger partial charge is 0.261 e. The van der Waals surface area contributed by atoms with Crippen LogP contribution in [0, 0.1) is 5.82 Å². The van der Waals surface area contributed by atoms with E-state index in [1.807, 2.05) is 6.07 Å². The first-order chi connectivity index (χ1) is 13.5. The maximum absolute atomic E-state index is 14.0. The van der Waals surface area contributed by atoms with Gasteiger partial charge in [0.2, 0.25) is 0 Å². The molecule has 0 spiro atoms. The maximum Gasteiger partial charge on any atom is 0.261 e. The Bertz CT molecular complexity index is 1040. The van der Waals surface area contributed by atoms with Crippen molar-refractivity contribution in [3.63, 3.8) is 0 Å². The first-order valence-electron chi connectivity index (χ1n) is 9.27. The predicted molar refractivity (Wildman–Crippen MR) is 107 cm³/mol. The van der Waals surface area contributed by atoms with E-state index in [9.17, 15) is 14.3 Å². The molecule has 0 amide bonds. The molecule has 7 heteroatoms. The van der Waals surface area contributed by atoms with Gasteiger partial charge in [-0.1, -0.05) is 29.8 Å². The number of benzene rings is 2. The fraction of sp³-hybridized carbons (Fsp3) is 0.333. The molecule has 5 nitrogen and oxygen atoms in total. The molecule has 0 aliphatic carbocycles. The van der Waals surface area contributed by atoms with Gasteiger partial charge in [0.25, 0.3) is 5.56 Å². The number of rotatable bonds is 4. The quantitative estimate of drug-likeness (QED) is 0.729. The van der Waals surface area contributed by atoms with Gasteiger partial charge in [0.15, 0.2) is 0 Å². The number of fused-ring (bicyclic) bond motifs is 1. The van der Waals surface area contributed by atoms with Crippen LogP contribution in [0.5, 0.6) is 0 Å². The molecule has 1 N–H and O–H groups in total. The number of nitrogens with zero attached hydrogens (tertiary/aromatic N) is 3. The Morgan fingerprint density at radius 1 is 1.14 bits per heavy atom. The molecule has 1 saturated heterocycles. The zero-order valence-electron chi connectivity index (χ0n) is 15.3. The van der Waals surface area contributed by atoms with Crippen molar-refractivity contribution in [2.75, 3.05) is 13.1 Å². The second kappa shape index (κ2) is 7.62. The van der Waals surface area contributed by atoms with Crippen molar-refractivity contribution in [2.24, 2.45) is 0 Å². The average molecular weight is 402 g/mol. The van der Waals surface area contributed by atoms with E-state index in [0.29, 0.717) is 54.0 Å². The van der Waals surface area contributed by atoms with Crippen molar-refractivity contribution in [1.29, 1.82) is 0 Å². The van der Waals surface area contributed by atoms with E-state index in [-0.39, 0.29) is 17.9 Å². The number of aliphatic hydroxyl groups is 1. The van der Waals surface area contributed by atoms with Crippen molar-refractivity contribution in [2.45, 2.75) is 31.5 Å². The Kier molecular flexibility index (Phi) is 5.19. The monoisotopic (exact) mass is 401 g/mol. The largest absolute Gasteiger partial charge is 0.388 e. The van der Waals surface area contributed by atoms with Gasteiger partial charge in [0, 0.05) is 30.2 Å². The van der Waals surface area contributed by atoms with Gasteiger partial charge in [-0.15, -0.1) is 0 Å². The summed E-state index contributed by atoms with van der Waals surface area (Å²) in [6.45, 7) is 1.78. The molecule has 0 saturated carbocycles. The Balaban J connectivity index is 1.45. The number of hydrogen-bond acceptors (Lipinski definition) is 4. The minimum absolute atomic E-state index is 0.153. The molecule has 0 bridgehead atoms. The predicted octanol–water partition coefficient (Wildman–Crippen LogP) is 3.22. The SMILES string of the molecule is O=c1c2ccccc2ncn1CC1(O)CCN(Cc2c(F)cccc2Cl)CC1. The van der Waals surface area contributed by atoms with Gasteiger partial charge in [-0.3, -0.25) is 14.3 Å². The van der Waals surface area contributed by atoms with Crippen LogP contribution in [0.3, 0.4) is 0 Å². The minimum Gasteiger partial charge on any atom is -0.388 e. The fourth-order valence-electron chi connectivity index (χ4n) is 3.73. The van der Waals surface area contributed by atoms with Crippen molar-refractivity contribution >= 4 is 22.5 Å². The van der Waals surface area contributed by atoms with Crippen LogP contribution < -0.4 is 5.56 Å². The van der Waals surface area contributed by atoms with Crippen LogP contribution in [0.25, 0.3) is 10.9 Å². The first-order valence-corrected chi connectivity index (χ1v) is 9.65. The normalized spacial score (nSPS) is 17.1. The summed E-state index contributed by atoms with van der Waals surface area (Å²) in [5.41, 5.74) is -0.0276. The highest BCUT2D eigenvalue weighted by molar-refractivity contribution is 6.31. The zero-order valence-corrected chi connectivity index (χ0v) is 16.1. The molecule has 1 aromatic heterocycles. The van der Waals surface area contributed by atoms with Crippen LogP contribution in [-0.2, 0) is 13.1 Å². The van der Waals surface area contributed by atoms with Crippen LogP contribution in [0.2, 0.25) is 5.02 Å². The summed E-state index contributed by atoms with van der Waals surface area (Å²) >= 11 is 6.12. The van der Waals surface area contributed by atoms with Crippen LogP contribution in [0.1, 0.15) is 18.4 Å². The van der Waals surface area contributed by atoms with Crippen LogP contribution >= 0.6 is 11.6 Å². The molecule has 28 heavy (non-hydrogen) atoms. The third kappa shape index (κ3) is 3.81. The molecule has 3 aromatic rings. The van der Waals surface area contributed by atoms with Crippen molar-refractivity contribution < 1.29 is 9.50 Å². The van der Waals surface area contributed by atoms with E-state index in [1.54, 1.807) is 30.3 Å². The zero-order chi connectivity index (χ0) is 19.7. The van der Waals surface area contributed by atoms with Crippen LogP contribution in [-0.4, -0.2) is 38.2 Å². The molecule has 1 aliphatic heterocycles. The number of piperidine rings is 1. The van der Waals surface area contributed by atoms with Crippen LogP contribution in [0.4, 0.5) is 4.39 Å². The molecule has 1 aliphatic rings. The summed E-state index contributed by atoms with van der Waals surface area (Å²) in [5, 5.41) is 12.0. The van der Waals surface area contributed by atoms with Gasteiger partial charge in [0.1, 0.15) is 5.82 Å². The molecule has 0 unspecified atom stereocenters. The van der Waals surface area contributed by atoms with Gasteiger partial charge in [-0.25, -0.2) is 9.37 Å². The van der Waals surface area contributed by atoms with E-state index in [1.165, 1.54) is 17.0 Å². The molecular formula is C21H21ClFN3O2. The Morgan fingerprint density at radius 2 is 1.89 bits per heavy atom. The Hall–Kier alpha value is -2.28. The van der Waals surface area contributed by atoms with Crippen molar-refractivity contribution in [3.8, 4) is 0 Å². The second-order valence-electron chi connectivity index (χ2n) is 7.40. The number of hydrogen-bond donors (Lipinski definition) is 1. The molecule has 2 heterocycles. The summed E-state index contributed by atoms with van der Waals surface area (Å²) in [7, 11) is 0. The fourth-order valence-corrected chi connectivity index (χ4v) is 3.95. The highest BCUT2D eigenvalue weighted by atomic mass is 35.5. The standard InChI is InChI=1S/C21H21ClFN3O2/c22-17-5-3-6-18(23)16(17)12-25-10-8-21(28,9-11-25)13-26-14-24-19-7-2-1-4-15(19)20(26)27/h1-7,14,28H,8-13H2. The van der Waals surface area contributed by atoms with Gasteiger partial charge < -0.3 is 5.11 Å². The minimum atomic E-state index is -0.997. The lowest BCUT2D eigenvalue weighted by molar-refractivity contribution is -0.0366. The molecule has 1 fully saturated rings. The lowest BCUT2D eigenvalue weighted by Crippen LogP contribution is -2.47. The number of para-hydroxylation sites is 1. The third-order valence-electron chi connectivity index (χ3n) is 5.43. The van der Waals surface area contributed by atoms with Gasteiger partial charge in [0.05, 0.1) is 29.4 Å². The summed E-state index contributed by atoms with van der Waals surface area (Å²) in [6.07, 6.45) is 2.46. The van der Waals surface area contributed by atoms with E-state index < -0.39 is 5.60 Å². The Labute approximate surface area is 167 Å². The molecular weight excluding hydrogens is 381 g/mol. The van der Waals surface area contributed by atoms with Gasteiger partial charge in [-0.05, 0) is 37.1 Å². The first kappa shape index (κ1) is 19.1. The van der Waals surface area contributed by atoms with Crippen LogP contribution in [0.15, 0.2) is 53.6 Å². The van der Waals surface area contributed by atoms with Crippen molar-refractivity contribution in [3.05, 3.63) is 75.5 Å². The average Bonchev–Trinajstić information content (AvgIpc) is 2.69. The molecule has 4 rings (SSSR count). The molecule has 0 radical (unpaired) electrons. The third-order valence-corrected chi connectivity index (χ3v) is 5.78. The molecule has 2 aromatic carbocycles. The van der Waals surface area contributed by atoms with E-state index in [0.717, 1.165) is 0 Å². The molecule has 146 valence electrons. The number of halogens is 2. The van der Waals surface area contributed by atoms with Gasteiger partial charge >= 0.3 is 0 Å². The summed E-state index contributed by atoms with van der Waals surface area (Å²) in [6, 6.07) is 11.8. The van der Waals surface area contributed by atoms with E-state index in [4.69, 9.17) is 11.6 Å². The molecule has 0 atom stereocenters. The number of likely N-dealkylation sites (tertiary alicyclic amines) is 1.